The molecule has 0 radical (unpaired) electrons. The van der Waals surface area contributed by atoms with Gasteiger partial charge in [-0.2, -0.15) is 0 Å². The molecule has 1 aromatic rings. The highest BCUT2D eigenvalue weighted by molar-refractivity contribution is 5.97. The number of nitro groups is 1. The van der Waals surface area contributed by atoms with Crippen LogP contribution in [-0.4, -0.2) is 23.4 Å². The molecule has 0 unspecified atom stereocenters. The van der Waals surface area contributed by atoms with E-state index >= 15 is 0 Å². The molecule has 0 saturated carbocycles. The van der Waals surface area contributed by atoms with Crippen molar-refractivity contribution in [2.45, 2.75) is 33.2 Å². The van der Waals surface area contributed by atoms with Gasteiger partial charge in [-0.25, -0.2) is 0 Å². The molecule has 1 rings (SSSR count). The van der Waals surface area contributed by atoms with E-state index < -0.39 is 15.9 Å². The molecule has 2 N–H and O–H groups in total. The molecule has 1 aromatic carbocycles. The summed E-state index contributed by atoms with van der Waals surface area (Å²) in [5.41, 5.74) is 5.20. The average molecular weight is 279 g/mol. The van der Waals surface area contributed by atoms with E-state index in [4.69, 9.17) is 5.73 Å². The number of hydrogen-bond donors (Lipinski definition) is 1. The summed E-state index contributed by atoms with van der Waals surface area (Å²) in [7, 11) is 1.64. The lowest BCUT2D eigenvalue weighted by molar-refractivity contribution is -0.384. The van der Waals surface area contributed by atoms with E-state index in [-0.39, 0.29) is 11.6 Å². The number of non-ortho nitro benzene ring substituents is 1. The standard InChI is InChI=1S/C14H21N3O3/c1-13(2,14(3,4)15)12(18)16(5)10-6-8-11(9-7-10)17(19)20/h6-9H,15H2,1-5H3. The fourth-order valence-corrected chi connectivity index (χ4v) is 1.61. The number of amides is 1. The van der Waals surface area contributed by atoms with Crippen molar-refractivity contribution in [3.05, 3.63) is 34.4 Å². The summed E-state index contributed by atoms with van der Waals surface area (Å²) in [6.07, 6.45) is 0. The molecule has 6 heteroatoms. The Morgan fingerprint density at radius 1 is 1.20 bits per heavy atom. The zero-order chi connectivity index (χ0) is 15.7. The predicted octanol–water partition coefficient (Wildman–Crippen LogP) is 2.32. The average Bonchev–Trinajstić information content (AvgIpc) is 2.35. The quantitative estimate of drug-likeness (QED) is 0.676. The van der Waals surface area contributed by atoms with Crippen LogP contribution < -0.4 is 10.6 Å². The minimum absolute atomic E-state index is 0.00647. The lowest BCUT2D eigenvalue weighted by Gasteiger charge is -2.39. The number of carbonyl (C=O) groups is 1. The van der Waals surface area contributed by atoms with Crippen molar-refractivity contribution in [1.29, 1.82) is 0 Å². The highest BCUT2D eigenvalue weighted by atomic mass is 16.6. The Kier molecular flexibility index (Phi) is 4.19. The van der Waals surface area contributed by atoms with Crippen LogP contribution in [-0.2, 0) is 4.79 Å². The Balaban J connectivity index is 3.03. The third kappa shape index (κ3) is 2.96. The molecule has 0 spiro atoms. The molecule has 0 bridgehead atoms. The first-order valence-corrected chi connectivity index (χ1v) is 6.30. The molecule has 6 nitrogen and oxygen atoms in total. The van der Waals surface area contributed by atoms with E-state index in [1.807, 2.05) is 0 Å². The Bertz CT molecular complexity index is 515. The van der Waals surface area contributed by atoms with Gasteiger partial charge in [0.2, 0.25) is 5.91 Å². The Morgan fingerprint density at radius 2 is 1.65 bits per heavy atom. The van der Waals surface area contributed by atoms with E-state index in [0.29, 0.717) is 5.69 Å². The zero-order valence-electron chi connectivity index (χ0n) is 12.5. The first-order chi connectivity index (χ1) is 8.98. The second-order valence-electron chi connectivity index (χ2n) is 5.98. The number of nitro benzene ring substituents is 1. The summed E-state index contributed by atoms with van der Waals surface area (Å²) in [4.78, 5) is 24.2. The third-order valence-corrected chi connectivity index (χ3v) is 3.90. The van der Waals surface area contributed by atoms with Gasteiger partial charge in [-0.15, -0.1) is 0 Å². The van der Waals surface area contributed by atoms with Crippen LogP contribution in [0.15, 0.2) is 24.3 Å². The fraction of sp³-hybridized carbons (Fsp3) is 0.500. The smallest absolute Gasteiger partial charge is 0.269 e. The Morgan fingerprint density at radius 3 is 2.00 bits per heavy atom. The minimum Gasteiger partial charge on any atom is -0.325 e. The zero-order valence-corrected chi connectivity index (χ0v) is 12.5. The van der Waals surface area contributed by atoms with Gasteiger partial charge in [0.15, 0.2) is 0 Å². The number of nitrogens with two attached hydrogens (primary N) is 1. The van der Waals surface area contributed by atoms with Gasteiger partial charge < -0.3 is 10.6 Å². The van der Waals surface area contributed by atoms with Crippen LogP contribution in [0.2, 0.25) is 0 Å². The highest BCUT2D eigenvalue weighted by Gasteiger charge is 2.42. The van der Waals surface area contributed by atoms with Crippen molar-refractivity contribution in [3.63, 3.8) is 0 Å². The number of anilines is 1. The van der Waals surface area contributed by atoms with Crippen LogP contribution in [0, 0.1) is 15.5 Å². The first kappa shape index (κ1) is 16.1. The minimum atomic E-state index is -0.760. The molecule has 0 aliphatic heterocycles. The van der Waals surface area contributed by atoms with E-state index in [1.165, 1.54) is 17.0 Å². The Hall–Kier alpha value is -1.95. The monoisotopic (exact) mass is 279 g/mol. The molecule has 1 amide bonds. The van der Waals surface area contributed by atoms with E-state index in [2.05, 4.69) is 0 Å². The van der Waals surface area contributed by atoms with Gasteiger partial charge in [0.05, 0.1) is 10.3 Å². The first-order valence-electron chi connectivity index (χ1n) is 6.30. The maximum atomic E-state index is 12.5. The van der Waals surface area contributed by atoms with Crippen LogP contribution in [0.1, 0.15) is 27.7 Å². The maximum absolute atomic E-state index is 12.5. The molecule has 0 aliphatic rings. The number of nitrogens with zero attached hydrogens (tertiary/aromatic N) is 2. The summed E-state index contributed by atoms with van der Waals surface area (Å²) < 4.78 is 0. The van der Waals surface area contributed by atoms with E-state index in [1.54, 1.807) is 46.9 Å². The van der Waals surface area contributed by atoms with Gasteiger partial charge in [0.25, 0.3) is 5.69 Å². The predicted molar refractivity (Wildman–Crippen MR) is 78.6 cm³/mol. The molecule has 0 aliphatic carbocycles. The fourth-order valence-electron chi connectivity index (χ4n) is 1.61. The van der Waals surface area contributed by atoms with Crippen molar-refractivity contribution in [2.75, 3.05) is 11.9 Å². The third-order valence-electron chi connectivity index (χ3n) is 3.90. The molecule has 20 heavy (non-hydrogen) atoms. The lowest BCUT2D eigenvalue weighted by Crippen LogP contribution is -2.56. The molecule has 0 heterocycles. The summed E-state index contributed by atoms with van der Waals surface area (Å²) in [6, 6.07) is 5.85. The van der Waals surface area contributed by atoms with Crippen LogP contribution in [0.4, 0.5) is 11.4 Å². The van der Waals surface area contributed by atoms with E-state index in [0.717, 1.165) is 0 Å². The summed E-state index contributed by atoms with van der Waals surface area (Å²) >= 11 is 0. The molecule has 110 valence electrons. The molecule has 0 atom stereocenters. The highest BCUT2D eigenvalue weighted by Crippen LogP contribution is 2.32. The van der Waals surface area contributed by atoms with Gasteiger partial charge in [0.1, 0.15) is 0 Å². The second kappa shape index (κ2) is 5.20. The van der Waals surface area contributed by atoms with Crippen molar-refractivity contribution in [2.24, 2.45) is 11.1 Å². The normalized spacial score (nSPS) is 12.1. The van der Waals surface area contributed by atoms with Crippen LogP contribution >= 0.6 is 0 Å². The molecule has 0 aromatic heterocycles. The van der Waals surface area contributed by atoms with Crippen molar-refractivity contribution in [1.82, 2.24) is 0 Å². The van der Waals surface area contributed by atoms with Crippen LogP contribution in [0.3, 0.4) is 0 Å². The van der Waals surface area contributed by atoms with Gasteiger partial charge >= 0.3 is 0 Å². The number of rotatable bonds is 4. The summed E-state index contributed by atoms with van der Waals surface area (Å²) in [5, 5.41) is 10.6. The largest absolute Gasteiger partial charge is 0.325 e. The summed E-state index contributed by atoms with van der Waals surface area (Å²) in [6.45, 7) is 7.18. The maximum Gasteiger partial charge on any atom is 0.269 e. The number of carbonyl (C=O) groups excluding carboxylic acids is 1. The topological polar surface area (TPSA) is 89.5 Å². The van der Waals surface area contributed by atoms with E-state index in [9.17, 15) is 14.9 Å². The van der Waals surface area contributed by atoms with Crippen LogP contribution in [0.5, 0.6) is 0 Å². The van der Waals surface area contributed by atoms with Gasteiger partial charge in [0, 0.05) is 30.4 Å². The Labute approximate surface area is 118 Å². The van der Waals surface area contributed by atoms with Crippen molar-refractivity contribution < 1.29 is 9.72 Å². The van der Waals surface area contributed by atoms with Gasteiger partial charge in [-0.05, 0) is 39.8 Å². The summed E-state index contributed by atoms with van der Waals surface area (Å²) in [5.74, 6) is -0.140. The molecule has 0 saturated heterocycles. The van der Waals surface area contributed by atoms with Crippen molar-refractivity contribution >= 4 is 17.3 Å². The number of hydrogen-bond acceptors (Lipinski definition) is 4. The van der Waals surface area contributed by atoms with Crippen LogP contribution in [0.25, 0.3) is 0 Å². The van der Waals surface area contributed by atoms with Crippen molar-refractivity contribution in [3.8, 4) is 0 Å². The SMILES string of the molecule is CN(C(=O)C(C)(C)C(C)(C)N)c1ccc([N+](=O)[O-])cc1. The molecular formula is C14H21N3O3. The molecule has 0 fully saturated rings. The molecular weight excluding hydrogens is 258 g/mol. The lowest BCUT2D eigenvalue weighted by atomic mass is 9.74. The number of benzene rings is 1. The van der Waals surface area contributed by atoms with Gasteiger partial charge in [-0.3, -0.25) is 14.9 Å². The second-order valence-corrected chi connectivity index (χ2v) is 5.98. The van der Waals surface area contributed by atoms with Gasteiger partial charge in [-0.1, -0.05) is 0 Å².